The van der Waals surface area contributed by atoms with E-state index in [0.717, 1.165) is 12.1 Å². The van der Waals surface area contributed by atoms with Crippen LogP contribution in [-0.2, 0) is 11.0 Å². The molecule has 2 amide bonds. The molecule has 26 heavy (non-hydrogen) atoms. The van der Waals surface area contributed by atoms with Crippen molar-refractivity contribution in [3.63, 3.8) is 0 Å². The van der Waals surface area contributed by atoms with Gasteiger partial charge in [0.05, 0.1) is 12.1 Å². The molecule has 8 heteroatoms. The number of nitrogens with zero attached hydrogens (tertiary/aromatic N) is 3. The molecule has 0 saturated carbocycles. The van der Waals surface area contributed by atoms with Gasteiger partial charge in [-0.2, -0.15) is 13.2 Å². The van der Waals surface area contributed by atoms with Crippen LogP contribution in [0.15, 0.2) is 24.3 Å². The SMILES string of the molecule is CCN(CC)C(=O)CN1CCN(C(=O)c2ccc(C(F)(F)F)cc2)CC1. The Bertz CT molecular complexity index is 620. The second kappa shape index (κ2) is 8.53. The molecule has 1 fully saturated rings. The average molecular weight is 371 g/mol. The van der Waals surface area contributed by atoms with E-state index in [1.54, 1.807) is 9.80 Å². The van der Waals surface area contributed by atoms with Gasteiger partial charge in [-0.05, 0) is 38.1 Å². The standard InChI is InChI=1S/C18H24F3N3O2/c1-3-23(4-2)16(25)13-22-9-11-24(12-10-22)17(26)14-5-7-15(8-6-14)18(19,20)21/h5-8H,3-4,9-13H2,1-2H3. The second-order valence-corrected chi connectivity index (χ2v) is 6.21. The van der Waals surface area contributed by atoms with E-state index in [4.69, 9.17) is 0 Å². The highest BCUT2D eigenvalue weighted by atomic mass is 19.4. The zero-order valence-electron chi connectivity index (χ0n) is 15.1. The van der Waals surface area contributed by atoms with Crippen molar-refractivity contribution in [1.29, 1.82) is 0 Å². The number of carbonyl (C=O) groups excluding carboxylic acids is 2. The van der Waals surface area contributed by atoms with Gasteiger partial charge in [0, 0.05) is 44.8 Å². The Balaban J connectivity index is 1.89. The van der Waals surface area contributed by atoms with Gasteiger partial charge >= 0.3 is 6.18 Å². The Morgan fingerprint density at radius 2 is 1.54 bits per heavy atom. The normalized spacial score (nSPS) is 15.8. The molecule has 1 aliphatic rings. The van der Waals surface area contributed by atoms with E-state index >= 15 is 0 Å². The fraction of sp³-hybridized carbons (Fsp3) is 0.556. The molecule has 1 aromatic carbocycles. The first kappa shape index (κ1) is 20.2. The third-order valence-corrected chi connectivity index (χ3v) is 4.59. The average Bonchev–Trinajstić information content (AvgIpc) is 2.62. The Hall–Kier alpha value is -2.09. The molecular formula is C18H24F3N3O2. The first-order valence-electron chi connectivity index (χ1n) is 8.73. The summed E-state index contributed by atoms with van der Waals surface area (Å²) in [5.74, 6) is -0.217. The Morgan fingerprint density at radius 3 is 2.00 bits per heavy atom. The molecule has 0 N–H and O–H groups in total. The molecule has 1 aliphatic heterocycles. The summed E-state index contributed by atoms with van der Waals surface area (Å²) in [7, 11) is 0. The highest BCUT2D eigenvalue weighted by Crippen LogP contribution is 2.29. The van der Waals surface area contributed by atoms with E-state index in [0.29, 0.717) is 45.8 Å². The molecule has 1 aromatic rings. The van der Waals surface area contributed by atoms with Crippen LogP contribution in [-0.4, -0.2) is 72.3 Å². The minimum atomic E-state index is -4.41. The van der Waals surface area contributed by atoms with Crippen molar-refractivity contribution >= 4 is 11.8 Å². The fourth-order valence-corrected chi connectivity index (χ4v) is 2.96. The molecule has 0 radical (unpaired) electrons. The Morgan fingerprint density at radius 1 is 1.00 bits per heavy atom. The number of halogens is 3. The van der Waals surface area contributed by atoms with Crippen LogP contribution in [0.2, 0.25) is 0 Å². The summed E-state index contributed by atoms with van der Waals surface area (Å²) in [6.07, 6.45) is -4.41. The van der Waals surface area contributed by atoms with Crippen LogP contribution in [0.4, 0.5) is 13.2 Å². The topological polar surface area (TPSA) is 43.9 Å². The van der Waals surface area contributed by atoms with Gasteiger partial charge in [-0.3, -0.25) is 14.5 Å². The number of benzene rings is 1. The van der Waals surface area contributed by atoms with E-state index in [9.17, 15) is 22.8 Å². The van der Waals surface area contributed by atoms with Crippen LogP contribution in [0.1, 0.15) is 29.8 Å². The molecule has 0 aliphatic carbocycles. The third-order valence-electron chi connectivity index (χ3n) is 4.59. The zero-order chi connectivity index (χ0) is 19.3. The maximum Gasteiger partial charge on any atom is 0.416 e. The lowest BCUT2D eigenvalue weighted by Gasteiger charge is -2.35. The summed E-state index contributed by atoms with van der Waals surface area (Å²) in [5, 5.41) is 0. The van der Waals surface area contributed by atoms with Crippen molar-refractivity contribution in [2.45, 2.75) is 20.0 Å². The summed E-state index contributed by atoms with van der Waals surface area (Å²) >= 11 is 0. The molecule has 0 bridgehead atoms. The molecular weight excluding hydrogens is 347 g/mol. The number of amides is 2. The summed E-state index contributed by atoms with van der Waals surface area (Å²) in [5.41, 5.74) is -0.528. The predicted octanol–water partition coefficient (Wildman–Crippen LogP) is 2.33. The van der Waals surface area contributed by atoms with Crippen molar-refractivity contribution in [1.82, 2.24) is 14.7 Å². The van der Waals surface area contributed by atoms with Crippen LogP contribution < -0.4 is 0 Å². The zero-order valence-corrected chi connectivity index (χ0v) is 15.1. The van der Waals surface area contributed by atoms with Crippen molar-refractivity contribution in [2.24, 2.45) is 0 Å². The smallest absolute Gasteiger partial charge is 0.342 e. The van der Waals surface area contributed by atoms with Gasteiger partial charge in [0.2, 0.25) is 5.91 Å². The highest BCUT2D eigenvalue weighted by molar-refractivity contribution is 5.94. The maximum atomic E-state index is 12.6. The van der Waals surface area contributed by atoms with E-state index in [1.807, 2.05) is 18.7 Å². The first-order chi connectivity index (χ1) is 12.3. The minimum absolute atomic E-state index is 0.0671. The largest absolute Gasteiger partial charge is 0.416 e. The van der Waals surface area contributed by atoms with Crippen LogP contribution in [0, 0.1) is 0 Å². The quantitative estimate of drug-likeness (QED) is 0.798. The van der Waals surface area contributed by atoms with Gasteiger partial charge < -0.3 is 9.80 Å². The third kappa shape index (κ3) is 4.97. The van der Waals surface area contributed by atoms with E-state index in [2.05, 4.69) is 0 Å². The van der Waals surface area contributed by atoms with Crippen molar-refractivity contribution in [3.8, 4) is 0 Å². The van der Waals surface area contributed by atoms with Gasteiger partial charge in [-0.15, -0.1) is 0 Å². The van der Waals surface area contributed by atoms with Gasteiger partial charge in [0.25, 0.3) is 5.91 Å². The number of hydrogen-bond acceptors (Lipinski definition) is 3. The Labute approximate surface area is 151 Å². The monoisotopic (exact) mass is 371 g/mol. The van der Waals surface area contributed by atoms with Crippen LogP contribution in [0.5, 0.6) is 0 Å². The molecule has 1 saturated heterocycles. The molecule has 0 spiro atoms. The molecule has 144 valence electrons. The summed E-state index contributed by atoms with van der Waals surface area (Å²) in [4.78, 5) is 29.9. The highest BCUT2D eigenvalue weighted by Gasteiger charge is 2.31. The summed E-state index contributed by atoms with van der Waals surface area (Å²) < 4.78 is 37.8. The van der Waals surface area contributed by atoms with E-state index < -0.39 is 11.7 Å². The van der Waals surface area contributed by atoms with E-state index in [-0.39, 0.29) is 17.4 Å². The second-order valence-electron chi connectivity index (χ2n) is 6.21. The number of carbonyl (C=O) groups is 2. The first-order valence-corrected chi connectivity index (χ1v) is 8.73. The van der Waals surface area contributed by atoms with Crippen molar-refractivity contribution in [3.05, 3.63) is 35.4 Å². The fourth-order valence-electron chi connectivity index (χ4n) is 2.96. The number of likely N-dealkylation sites (N-methyl/N-ethyl adjacent to an activating group) is 1. The Kier molecular flexibility index (Phi) is 6.63. The van der Waals surface area contributed by atoms with E-state index in [1.165, 1.54) is 12.1 Å². The summed E-state index contributed by atoms with van der Waals surface area (Å²) in [6, 6.07) is 4.27. The molecule has 1 heterocycles. The van der Waals surface area contributed by atoms with Gasteiger partial charge in [0.1, 0.15) is 0 Å². The lowest BCUT2D eigenvalue weighted by atomic mass is 10.1. The summed E-state index contributed by atoms with van der Waals surface area (Å²) in [6.45, 7) is 7.56. The number of piperazine rings is 1. The van der Waals surface area contributed by atoms with Gasteiger partial charge in [-0.25, -0.2) is 0 Å². The molecule has 2 rings (SSSR count). The van der Waals surface area contributed by atoms with Gasteiger partial charge in [0.15, 0.2) is 0 Å². The van der Waals surface area contributed by atoms with Gasteiger partial charge in [-0.1, -0.05) is 0 Å². The van der Waals surface area contributed by atoms with Crippen molar-refractivity contribution in [2.75, 3.05) is 45.8 Å². The number of alkyl halides is 3. The minimum Gasteiger partial charge on any atom is -0.342 e. The van der Waals surface area contributed by atoms with Crippen LogP contribution in [0.25, 0.3) is 0 Å². The number of rotatable bonds is 5. The molecule has 0 atom stereocenters. The molecule has 5 nitrogen and oxygen atoms in total. The van der Waals surface area contributed by atoms with Crippen molar-refractivity contribution < 1.29 is 22.8 Å². The lowest BCUT2D eigenvalue weighted by Crippen LogP contribution is -2.51. The maximum absolute atomic E-state index is 12.6. The lowest BCUT2D eigenvalue weighted by molar-refractivity contribution is -0.137. The predicted molar refractivity (Wildman–Crippen MR) is 91.7 cm³/mol. The molecule has 0 aromatic heterocycles. The number of hydrogen-bond donors (Lipinski definition) is 0. The molecule has 0 unspecified atom stereocenters. The van der Waals surface area contributed by atoms with Crippen LogP contribution in [0.3, 0.4) is 0 Å². The van der Waals surface area contributed by atoms with Crippen LogP contribution >= 0.6 is 0 Å².